The van der Waals surface area contributed by atoms with Crippen LogP contribution in [0.1, 0.15) is 31.9 Å². The fourth-order valence-electron chi connectivity index (χ4n) is 2.60. The van der Waals surface area contributed by atoms with E-state index in [9.17, 15) is 4.79 Å². The van der Waals surface area contributed by atoms with Crippen molar-refractivity contribution in [3.63, 3.8) is 0 Å². The fourth-order valence-corrected chi connectivity index (χ4v) is 2.60. The Hall–Kier alpha value is -2.29. The van der Waals surface area contributed by atoms with Crippen molar-refractivity contribution in [1.29, 1.82) is 0 Å². The molecule has 114 valence electrons. The predicted octanol–water partition coefficient (Wildman–Crippen LogP) is 3.93. The van der Waals surface area contributed by atoms with Crippen LogP contribution in [0.15, 0.2) is 48.5 Å². The number of ether oxygens (including phenoxy) is 1. The Morgan fingerprint density at radius 1 is 1.09 bits per heavy atom. The molecule has 0 radical (unpaired) electrons. The van der Waals surface area contributed by atoms with E-state index < -0.39 is 6.10 Å². The Bertz CT molecular complexity index is 658. The van der Waals surface area contributed by atoms with Crippen LogP contribution in [0.4, 0.5) is 5.69 Å². The Balaban J connectivity index is 1.66. The first-order valence-corrected chi connectivity index (χ1v) is 7.59. The van der Waals surface area contributed by atoms with Crippen molar-refractivity contribution in [3.05, 3.63) is 59.7 Å². The molecule has 2 aromatic rings. The summed E-state index contributed by atoms with van der Waals surface area (Å²) < 4.78 is 5.71. The summed E-state index contributed by atoms with van der Waals surface area (Å²) >= 11 is 0. The van der Waals surface area contributed by atoms with Gasteiger partial charge in [-0.15, -0.1) is 0 Å². The Kier molecular flexibility index (Phi) is 3.65. The van der Waals surface area contributed by atoms with Crippen LogP contribution >= 0.6 is 0 Å². The summed E-state index contributed by atoms with van der Waals surface area (Å²) in [5, 5.41) is 2.93. The van der Waals surface area contributed by atoms with E-state index in [1.807, 2.05) is 36.4 Å². The topological polar surface area (TPSA) is 38.3 Å². The molecule has 1 aliphatic rings. The van der Waals surface area contributed by atoms with Crippen LogP contribution in [-0.4, -0.2) is 12.0 Å². The largest absolute Gasteiger partial charge is 0.480 e. The zero-order chi connectivity index (χ0) is 15.7. The quantitative estimate of drug-likeness (QED) is 0.911. The highest BCUT2D eigenvalue weighted by Crippen LogP contribution is 2.29. The first-order chi connectivity index (χ1) is 10.4. The second-order valence-corrected chi connectivity index (χ2v) is 6.73. The lowest BCUT2D eigenvalue weighted by atomic mass is 9.87. The van der Waals surface area contributed by atoms with Crippen molar-refractivity contribution in [1.82, 2.24) is 0 Å². The normalized spacial score (nSPS) is 16.8. The number of fused-ring (bicyclic) bond motifs is 1. The monoisotopic (exact) mass is 295 g/mol. The van der Waals surface area contributed by atoms with Gasteiger partial charge in [0.25, 0.3) is 5.91 Å². The van der Waals surface area contributed by atoms with Crippen molar-refractivity contribution >= 4 is 11.6 Å². The molecule has 0 aliphatic carbocycles. The van der Waals surface area contributed by atoms with Gasteiger partial charge in [0.2, 0.25) is 0 Å². The average molecular weight is 295 g/mol. The summed E-state index contributed by atoms with van der Waals surface area (Å²) in [6, 6.07) is 15.8. The minimum atomic E-state index is -0.445. The summed E-state index contributed by atoms with van der Waals surface area (Å²) in [5.41, 5.74) is 3.25. The van der Waals surface area contributed by atoms with Gasteiger partial charge >= 0.3 is 0 Å². The maximum Gasteiger partial charge on any atom is 0.265 e. The van der Waals surface area contributed by atoms with Crippen molar-refractivity contribution < 1.29 is 9.53 Å². The van der Waals surface area contributed by atoms with Gasteiger partial charge in [0, 0.05) is 12.1 Å². The Labute approximate surface area is 131 Å². The highest BCUT2D eigenvalue weighted by atomic mass is 16.5. The molecular formula is C19H21NO2. The number of carbonyl (C=O) groups is 1. The molecule has 0 bridgehead atoms. The van der Waals surface area contributed by atoms with E-state index in [1.165, 1.54) is 5.56 Å². The summed E-state index contributed by atoms with van der Waals surface area (Å²) in [6.45, 7) is 6.51. The van der Waals surface area contributed by atoms with Gasteiger partial charge in [0.1, 0.15) is 5.75 Å². The molecule has 0 saturated heterocycles. The second-order valence-electron chi connectivity index (χ2n) is 6.73. The molecule has 3 rings (SSSR count). The molecule has 3 nitrogen and oxygen atoms in total. The van der Waals surface area contributed by atoms with E-state index in [0.29, 0.717) is 6.42 Å². The molecule has 1 heterocycles. The fraction of sp³-hybridized carbons (Fsp3) is 0.316. The zero-order valence-electron chi connectivity index (χ0n) is 13.2. The number of nitrogens with one attached hydrogen (secondary N) is 1. The standard InChI is InChI=1S/C19H21NO2/c1-19(2,3)14-8-10-15(11-9-14)20-18(21)17-12-13-6-4-5-7-16(13)22-17/h4-11,17H,12H2,1-3H3,(H,20,21). The smallest absolute Gasteiger partial charge is 0.265 e. The molecule has 1 amide bonds. The van der Waals surface area contributed by atoms with Crippen molar-refractivity contribution in [2.24, 2.45) is 0 Å². The third kappa shape index (κ3) is 2.98. The molecule has 22 heavy (non-hydrogen) atoms. The molecule has 2 aromatic carbocycles. The molecule has 1 aliphatic heterocycles. The molecule has 1 atom stereocenters. The van der Waals surface area contributed by atoms with Crippen LogP contribution in [0, 0.1) is 0 Å². The predicted molar refractivity (Wildman–Crippen MR) is 88.3 cm³/mol. The number of hydrogen-bond donors (Lipinski definition) is 1. The van der Waals surface area contributed by atoms with Gasteiger partial charge in [-0.3, -0.25) is 4.79 Å². The maximum absolute atomic E-state index is 12.3. The molecule has 0 saturated carbocycles. The van der Waals surface area contributed by atoms with Crippen LogP contribution in [-0.2, 0) is 16.6 Å². The van der Waals surface area contributed by atoms with Gasteiger partial charge in [0.15, 0.2) is 6.10 Å². The van der Waals surface area contributed by atoms with E-state index in [1.54, 1.807) is 0 Å². The SMILES string of the molecule is CC(C)(C)c1ccc(NC(=O)C2Cc3ccccc3O2)cc1. The molecule has 1 unspecified atom stereocenters. The summed E-state index contributed by atoms with van der Waals surface area (Å²) in [5.74, 6) is 0.713. The van der Waals surface area contributed by atoms with Crippen LogP contribution in [0.3, 0.4) is 0 Å². The molecule has 0 aromatic heterocycles. The van der Waals surface area contributed by atoms with Gasteiger partial charge in [-0.2, -0.15) is 0 Å². The number of rotatable bonds is 2. The minimum Gasteiger partial charge on any atom is -0.480 e. The van der Waals surface area contributed by atoms with Crippen LogP contribution in [0.2, 0.25) is 0 Å². The van der Waals surface area contributed by atoms with Gasteiger partial charge in [0.05, 0.1) is 0 Å². The molecule has 1 N–H and O–H groups in total. The van der Waals surface area contributed by atoms with Crippen molar-refractivity contribution in [3.8, 4) is 5.75 Å². The molecule has 0 spiro atoms. The third-order valence-corrected chi connectivity index (χ3v) is 3.96. The first kappa shape index (κ1) is 14.6. The summed E-state index contributed by atoms with van der Waals surface area (Å²) in [6.07, 6.45) is 0.182. The van der Waals surface area contributed by atoms with Gasteiger partial charge in [-0.05, 0) is 34.7 Å². The molecular weight excluding hydrogens is 274 g/mol. The highest BCUT2D eigenvalue weighted by Gasteiger charge is 2.28. The number of hydrogen-bond acceptors (Lipinski definition) is 2. The van der Waals surface area contributed by atoms with Crippen LogP contribution in [0.25, 0.3) is 0 Å². The zero-order valence-corrected chi connectivity index (χ0v) is 13.2. The van der Waals surface area contributed by atoms with Crippen LogP contribution in [0.5, 0.6) is 5.75 Å². The summed E-state index contributed by atoms with van der Waals surface area (Å²) in [7, 11) is 0. The van der Waals surface area contributed by atoms with Crippen molar-refractivity contribution in [2.75, 3.05) is 5.32 Å². The van der Waals surface area contributed by atoms with E-state index in [4.69, 9.17) is 4.74 Å². The maximum atomic E-state index is 12.3. The third-order valence-electron chi connectivity index (χ3n) is 3.96. The van der Waals surface area contributed by atoms with Crippen molar-refractivity contribution in [2.45, 2.75) is 38.7 Å². The lowest BCUT2D eigenvalue weighted by Crippen LogP contribution is -2.31. The van der Waals surface area contributed by atoms with Crippen LogP contribution < -0.4 is 10.1 Å². The molecule has 0 fully saturated rings. The van der Waals surface area contributed by atoms with Gasteiger partial charge < -0.3 is 10.1 Å². The summed E-state index contributed by atoms with van der Waals surface area (Å²) in [4.78, 5) is 12.3. The lowest BCUT2D eigenvalue weighted by Gasteiger charge is -2.19. The average Bonchev–Trinajstić information content (AvgIpc) is 2.91. The lowest BCUT2D eigenvalue weighted by molar-refractivity contribution is -0.122. The van der Waals surface area contributed by atoms with E-state index in [0.717, 1.165) is 17.0 Å². The van der Waals surface area contributed by atoms with E-state index in [-0.39, 0.29) is 11.3 Å². The number of para-hydroxylation sites is 1. The highest BCUT2D eigenvalue weighted by molar-refractivity contribution is 5.95. The number of carbonyl (C=O) groups excluding carboxylic acids is 1. The Morgan fingerprint density at radius 3 is 2.41 bits per heavy atom. The second kappa shape index (κ2) is 5.48. The van der Waals surface area contributed by atoms with Gasteiger partial charge in [-0.25, -0.2) is 0 Å². The van der Waals surface area contributed by atoms with E-state index in [2.05, 4.69) is 38.2 Å². The first-order valence-electron chi connectivity index (χ1n) is 7.59. The minimum absolute atomic E-state index is 0.0975. The number of amides is 1. The van der Waals surface area contributed by atoms with Gasteiger partial charge in [-0.1, -0.05) is 51.1 Å². The Morgan fingerprint density at radius 2 is 1.77 bits per heavy atom. The van der Waals surface area contributed by atoms with E-state index >= 15 is 0 Å². The molecule has 3 heteroatoms. The number of benzene rings is 2. The number of anilines is 1.